The average molecular weight is 355 g/mol. The van der Waals surface area contributed by atoms with E-state index in [0.29, 0.717) is 19.6 Å². The van der Waals surface area contributed by atoms with Crippen molar-refractivity contribution in [3.63, 3.8) is 0 Å². The molecule has 0 fully saturated rings. The van der Waals surface area contributed by atoms with Crippen molar-refractivity contribution in [3.8, 4) is 0 Å². The number of esters is 2. The highest BCUT2D eigenvalue weighted by Crippen LogP contribution is 2.10. The van der Waals surface area contributed by atoms with Crippen LogP contribution in [0.1, 0.15) is 64.7 Å². The maximum Gasteiger partial charge on any atom is 0.325 e. The van der Waals surface area contributed by atoms with Crippen LogP contribution in [0.3, 0.4) is 0 Å². The molecule has 6 heteroatoms. The number of rotatable bonds is 15. The van der Waals surface area contributed by atoms with Crippen LogP contribution in [0.15, 0.2) is 12.7 Å². The summed E-state index contributed by atoms with van der Waals surface area (Å²) in [5, 5.41) is 0. The van der Waals surface area contributed by atoms with Crippen molar-refractivity contribution < 1.29 is 23.9 Å². The minimum atomic E-state index is -0.385. The summed E-state index contributed by atoms with van der Waals surface area (Å²) in [5.41, 5.74) is 0. The van der Waals surface area contributed by atoms with Gasteiger partial charge in [-0.25, -0.2) is 0 Å². The summed E-state index contributed by atoms with van der Waals surface area (Å²) >= 11 is 0. The molecule has 0 aromatic carbocycles. The first-order chi connectivity index (χ1) is 12.0. The highest BCUT2D eigenvalue weighted by molar-refractivity contribution is 5.89. The lowest BCUT2D eigenvalue weighted by Gasteiger charge is -2.20. The van der Waals surface area contributed by atoms with Crippen molar-refractivity contribution >= 4 is 17.8 Å². The first-order valence-corrected chi connectivity index (χ1v) is 9.18. The SMILES string of the molecule is C=CC(=O)N(CCCCCCCCCCC(=O)OC)CC(=O)OCC. The third-order valence-corrected chi connectivity index (χ3v) is 3.90. The van der Waals surface area contributed by atoms with Gasteiger partial charge >= 0.3 is 11.9 Å². The second kappa shape index (κ2) is 15.7. The Bertz CT molecular complexity index is 409. The van der Waals surface area contributed by atoms with Crippen LogP contribution < -0.4 is 0 Å². The number of hydrogen-bond donors (Lipinski definition) is 0. The monoisotopic (exact) mass is 355 g/mol. The molecule has 6 nitrogen and oxygen atoms in total. The van der Waals surface area contributed by atoms with Crippen LogP contribution in [0, 0.1) is 0 Å². The lowest BCUT2D eigenvalue weighted by molar-refractivity contribution is -0.147. The molecule has 0 aliphatic heterocycles. The number of nitrogens with zero attached hydrogens (tertiary/aromatic N) is 1. The van der Waals surface area contributed by atoms with Gasteiger partial charge in [0.1, 0.15) is 6.54 Å². The van der Waals surface area contributed by atoms with Gasteiger partial charge in [0.25, 0.3) is 0 Å². The van der Waals surface area contributed by atoms with E-state index in [0.717, 1.165) is 51.4 Å². The van der Waals surface area contributed by atoms with Gasteiger partial charge in [-0.15, -0.1) is 0 Å². The third-order valence-electron chi connectivity index (χ3n) is 3.90. The molecule has 144 valence electrons. The van der Waals surface area contributed by atoms with E-state index < -0.39 is 0 Å². The molecule has 0 atom stereocenters. The van der Waals surface area contributed by atoms with E-state index in [1.807, 2.05) is 0 Å². The highest BCUT2D eigenvalue weighted by atomic mass is 16.5. The summed E-state index contributed by atoms with van der Waals surface area (Å²) in [5.74, 6) is -0.759. The number of amides is 1. The molecule has 0 unspecified atom stereocenters. The molecule has 0 aromatic rings. The summed E-state index contributed by atoms with van der Waals surface area (Å²) in [6.45, 7) is 6.06. The summed E-state index contributed by atoms with van der Waals surface area (Å²) in [6.07, 6.45) is 10.1. The maximum absolute atomic E-state index is 11.8. The zero-order chi connectivity index (χ0) is 18.9. The molecule has 0 N–H and O–H groups in total. The van der Waals surface area contributed by atoms with Gasteiger partial charge < -0.3 is 14.4 Å². The normalized spacial score (nSPS) is 10.2. The maximum atomic E-state index is 11.8. The van der Waals surface area contributed by atoms with Crippen molar-refractivity contribution in [3.05, 3.63) is 12.7 Å². The van der Waals surface area contributed by atoms with Crippen LogP contribution in [0.2, 0.25) is 0 Å². The van der Waals surface area contributed by atoms with Gasteiger partial charge in [-0.3, -0.25) is 14.4 Å². The van der Waals surface area contributed by atoms with Gasteiger partial charge in [0, 0.05) is 13.0 Å². The summed E-state index contributed by atoms with van der Waals surface area (Å²) < 4.78 is 9.49. The fourth-order valence-electron chi connectivity index (χ4n) is 2.49. The molecule has 0 saturated heterocycles. The molecule has 0 radical (unpaired) electrons. The molecule has 0 bridgehead atoms. The van der Waals surface area contributed by atoms with Crippen LogP contribution in [-0.2, 0) is 23.9 Å². The Morgan fingerprint density at radius 1 is 0.920 bits per heavy atom. The number of methoxy groups -OCH3 is 1. The highest BCUT2D eigenvalue weighted by Gasteiger charge is 2.14. The molecule has 0 spiro atoms. The molecule has 0 rings (SSSR count). The third kappa shape index (κ3) is 13.2. The van der Waals surface area contributed by atoms with E-state index in [9.17, 15) is 14.4 Å². The van der Waals surface area contributed by atoms with Crippen LogP contribution >= 0.6 is 0 Å². The molecule has 0 heterocycles. The largest absolute Gasteiger partial charge is 0.469 e. The van der Waals surface area contributed by atoms with Crippen LogP contribution in [0.5, 0.6) is 0 Å². The standard InChI is InChI=1S/C19H33NO5/c1-4-17(21)20(16-19(23)25-5-2)15-13-11-9-7-6-8-10-12-14-18(22)24-3/h4H,1,5-16H2,2-3H3. The van der Waals surface area contributed by atoms with Gasteiger partial charge in [-0.1, -0.05) is 45.1 Å². The first-order valence-electron chi connectivity index (χ1n) is 9.18. The Morgan fingerprint density at radius 2 is 1.48 bits per heavy atom. The molecule has 1 amide bonds. The summed E-state index contributed by atoms with van der Waals surface area (Å²) in [4.78, 5) is 35.7. The smallest absolute Gasteiger partial charge is 0.325 e. The number of unbranched alkanes of at least 4 members (excludes halogenated alkanes) is 7. The molecule has 0 aliphatic rings. The van der Waals surface area contributed by atoms with E-state index >= 15 is 0 Å². The summed E-state index contributed by atoms with van der Waals surface area (Å²) in [7, 11) is 1.42. The molecule has 0 aromatic heterocycles. The van der Waals surface area contributed by atoms with E-state index in [1.54, 1.807) is 6.92 Å². The van der Waals surface area contributed by atoms with Crippen LogP contribution in [0.4, 0.5) is 0 Å². The predicted octanol–water partition coefficient (Wildman–Crippen LogP) is 3.25. The fraction of sp³-hybridized carbons (Fsp3) is 0.737. The van der Waals surface area contributed by atoms with Gasteiger partial charge in [0.2, 0.25) is 5.91 Å². The van der Waals surface area contributed by atoms with Crippen LogP contribution in [0.25, 0.3) is 0 Å². The zero-order valence-electron chi connectivity index (χ0n) is 15.8. The Hall–Kier alpha value is -1.85. The minimum Gasteiger partial charge on any atom is -0.469 e. The van der Waals surface area contributed by atoms with E-state index in [-0.39, 0.29) is 24.4 Å². The van der Waals surface area contributed by atoms with E-state index in [2.05, 4.69) is 11.3 Å². The van der Waals surface area contributed by atoms with Crippen molar-refractivity contribution in [1.82, 2.24) is 4.90 Å². The van der Waals surface area contributed by atoms with E-state index in [1.165, 1.54) is 18.1 Å². The van der Waals surface area contributed by atoms with Crippen LogP contribution in [-0.4, -0.2) is 49.6 Å². The Balaban J connectivity index is 3.71. The second-order valence-electron chi connectivity index (χ2n) is 5.92. The molecule has 0 saturated carbocycles. The number of carbonyl (C=O) groups is 3. The minimum absolute atomic E-state index is 0.0150. The first kappa shape index (κ1) is 23.1. The fourth-order valence-corrected chi connectivity index (χ4v) is 2.49. The predicted molar refractivity (Wildman–Crippen MR) is 97.0 cm³/mol. The number of ether oxygens (including phenoxy) is 2. The quantitative estimate of drug-likeness (QED) is 0.256. The van der Waals surface area contributed by atoms with Crippen molar-refractivity contribution in [2.45, 2.75) is 64.7 Å². The number of hydrogen-bond acceptors (Lipinski definition) is 5. The van der Waals surface area contributed by atoms with Gasteiger partial charge in [-0.2, -0.15) is 0 Å². The number of carbonyl (C=O) groups excluding carboxylic acids is 3. The Kier molecular flexibility index (Phi) is 14.5. The topological polar surface area (TPSA) is 72.9 Å². The lowest BCUT2D eigenvalue weighted by atomic mass is 10.1. The Morgan fingerprint density at radius 3 is 2.00 bits per heavy atom. The van der Waals surface area contributed by atoms with Crippen molar-refractivity contribution in [2.75, 3.05) is 26.8 Å². The molecular weight excluding hydrogens is 322 g/mol. The average Bonchev–Trinajstić information content (AvgIpc) is 2.61. The summed E-state index contributed by atoms with van der Waals surface area (Å²) in [6, 6.07) is 0. The van der Waals surface area contributed by atoms with E-state index in [4.69, 9.17) is 4.74 Å². The Labute approximate surface area is 151 Å². The zero-order valence-corrected chi connectivity index (χ0v) is 15.8. The van der Waals surface area contributed by atoms with Gasteiger partial charge in [0.15, 0.2) is 0 Å². The molecule has 0 aliphatic carbocycles. The van der Waals surface area contributed by atoms with Crippen molar-refractivity contribution in [2.24, 2.45) is 0 Å². The van der Waals surface area contributed by atoms with Gasteiger partial charge in [0.05, 0.1) is 13.7 Å². The lowest BCUT2D eigenvalue weighted by Crippen LogP contribution is -2.36. The van der Waals surface area contributed by atoms with Crippen molar-refractivity contribution in [1.29, 1.82) is 0 Å². The van der Waals surface area contributed by atoms with Gasteiger partial charge in [-0.05, 0) is 25.8 Å². The molecular formula is C19H33NO5. The second-order valence-corrected chi connectivity index (χ2v) is 5.92. The molecule has 25 heavy (non-hydrogen) atoms.